The largest absolute Gasteiger partial charge is 0.383 e. The monoisotopic (exact) mass is 305 g/mol. The molecule has 0 saturated heterocycles. The smallest absolute Gasteiger partial charge is 0.149 e. The SMILES string of the molecule is Cn1cc(-c2nn(C)c(N)c2-c2cccc(Cl)c2F)cn1. The summed E-state index contributed by atoms with van der Waals surface area (Å²) in [5.74, 6) is -0.140. The lowest BCUT2D eigenvalue weighted by Gasteiger charge is -2.06. The summed E-state index contributed by atoms with van der Waals surface area (Å²) in [6.07, 6.45) is 3.46. The predicted molar refractivity (Wildman–Crippen MR) is 80.2 cm³/mol. The average molecular weight is 306 g/mol. The first-order valence-electron chi connectivity index (χ1n) is 6.25. The summed E-state index contributed by atoms with van der Waals surface area (Å²) >= 11 is 5.87. The van der Waals surface area contributed by atoms with Gasteiger partial charge in [0, 0.05) is 31.4 Å². The van der Waals surface area contributed by atoms with Crippen LogP contribution in [0.2, 0.25) is 5.02 Å². The zero-order valence-electron chi connectivity index (χ0n) is 11.5. The topological polar surface area (TPSA) is 61.7 Å². The van der Waals surface area contributed by atoms with Gasteiger partial charge in [0.2, 0.25) is 0 Å². The minimum absolute atomic E-state index is 0.0490. The fourth-order valence-corrected chi connectivity index (χ4v) is 2.42. The van der Waals surface area contributed by atoms with Gasteiger partial charge in [0.25, 0.3) is 0 Å². The normalized spacial score (nSPS) is 11.0. The molecule has 0 aliphatic rings. The Morgan fingerprint density at radius 3 is 2.71 bits per heavy atom. The van der Waals surface area contributed by atoms with Gasteiger partial charge < -0.3 is 5.73 Å². The number of aromatic nitrogens is 4. The van der Waals surface area contributed by atoms with Crippen molar-refractivity contribution in [1.82, 2.24) is 19.6 Å². The van der Waals surface area contributed by atoms with Gasteiger partial charge in [-0.2, -0.15) is 10.2 Å². The second-order valence-electron chi connectivity index (χ2n) is 4.74. The van der Waals surface area contributed by atoms with Crippen LogP contribution in [0, 0.1) is 5.82 Å². The van der Waals surface area contributed by atoms with Gasteiger partial charge in [0.05, 0.1) is 16.8 Å². The second-order valence-corrected chi connectivity index (χ2v) is 5.14. The van der Waals surface area contributed by atoms with Crippen molar-refractivity contribution in [3.05, 3.63) is 41.4 Å². The third-order valence-electron chi connectivity index (χ3n) is 3.29. The minimum atomic E-state index is -0.510. The molecule has 0 saturated carbocycles. The van der Waals surface area contributed by atoms with Gasteiger partial charge in [0.1, 0.15) is 17.3 Å². The molecule has 108 valence electrons. The molecule has 3 aromatic rings. The van der Waals surface area contributed by atoms with E-state index in [9.17, 15) is 4.39 Å². The van der Waals surface area contributed by atoms with Crippen molar-refractivity contribution in [2.45, 2.75) is 0 Å². The Kier molecular flexibility index (Phi) is 3.17. The Hall–Kier alpha value is -2.34. The predicted octanol–water partition coefficient (Wildman–Crippen LogP) is 2.86. The van der Waals surface area contributed by atoms with Crippen LogP contribution < -0.4 is 5.73 Å². The summed E-state index contributed by atoms with van der Waals surface area (Å²) in [7, 11) is 3.51. The number of halogens is 2. The van der Waals surface area contributed by atoms with Crippen molar-refractivity contribution >= 4 is 17.4 Å². The molecule has 2 aromatic heterocycles. The summed E-state index contributed by atoms with van der Waals surface area (Å²) in [6, 6.07) is 4.81. The lowest BCUT2D eigenvalue weighted by molar-refractivity contribution is 0.632. The maximum Gasteiger partial charge on any atom is 0.149 e. The van der Waals surface area contributed by atoms with Crippen LogP contribution in [0.3, 0.4) is 0 Å². The van der Waals surface area contributed by atoms with Gasteiger partial charge in [-0.3, -0.25) is 9.36 Å². The van der Waals surface area contributed by atoms with Crippen LogP contribution >= 0.6 is 11.6 Å². The number of aryl methyl sites for hydroxylation is 2. The van der Waals surface area contributed by atoms with E-state index in [-0.39, 0.29) is 5.02 Å². The number of nitrogen functional groups attached to an aromatic ring is 1. The third kappa shape index (κ3) is 2.17. The molecule has 0 fully saturated rings. The highest BCUT2D eigenvalue weighted by atomic mass is 35.5. The Bertz CT molecular complexity index is 821. The first-order chi connectivity index (χ1) is 9.99. The molecule has 0 amide bonds. The summed E-state index contributed by atoms with van der Waals surface area (Å²) in [5, 5.41) is 8.53. The van der Waals surface area contributed by atoms with E-state index in [2.05, 4.69) is 10.2 Å². The lowest BCUT2D eigenvalue weighted by atomic mass is 10.0. The first kappa shape index (κ1) is 13.6. The van der Waals surface area contributed by atoms with E-state index >= 15 is 0 Å². The molecule has 0 radical (unpaired) electrons. The molecule has 0 unspecified atom stereocenters. The maximum atomic E-state index is 14.3. The number of hydrogen-bond acceptors (Lipinski definition) is 3. The van der Waals surface area contributed by atoms with Crippen LogP contribution in [0.15, 0.2) is 30.6 Å². The number of nitrogens with zero attached hydrogens (tertiary/aromatic N) is 4. The van der Waals surface area contributed by atoms with Crippen molar-refractivity contribution in [2.24, 2.45) is 14.1 Å². The Morgan fingerprint density at radius 1 is 1.29 bits per heavy atom. The first-order valence-corrected chi connectivity index (χ1v) is 6.62. The van der Waals surface area contributed by atoms with E-state index in [0.29, 0.717) is 22.6 Å². The van der Waals surface area contributed by atoms with Crippen molar-refractivity contribution in [3.8, 4) is 22.4 Å². The minimum Gasteiger partial charge on any atom is -0.383 e. The van der Waals surface area contributed by atoms with E-state index in [1.165, 1.54) is 10.7 Å². The molecule has 2 N–H and O–H groups in total. The van der Waals surface area contributed by atoms with Crippen LogP contribution in [-0.4, -0.2) is 19.6 Å². The van der Waals surface area contributed by atoms with Crippen molar-refractivity contribution in [3.63, 3.8) is 0 Å². The number of hydrogen-bond donors (Lipinski definition) is 1. The average Bonchev–Trinajstić information content (AvgIpc) is 2.99. The summed E-state index contributed by atoms with van der Waals surface area (Å²) in [6.45, 7) is 0. The van der Waals surface area contributed by atoms with Crippen molar-refractivity contribution in [1.29, 1.82) is 0 Å². The number of nitrogens with two attached hydrogens (primary N) is 1. The van der Waals surface area contributed by atoms with Gasteiger partial charge in [-0.25, -0.2) is 4.39 Å². The quantitative estimate of drug-likeness (QED) is 0.792. The fourth-order valence-electron chi connectivity index (χ4n) is 2.24. The van der Waals surface area contributed by atoms with Gasteiger partial charge >= 0.3 is 0 Å². The standard InChI is InChI=1S/C14H13ClFN5/c1-20-7-8(6-18-20)13-11(14(17)21(2)19-13)9-4-3-5-10(15)12(9)16/h3-7H,17H2,1-2H3. The molecule has 0 spiro atoms. The van der Waals surface area contributed by atoms with Crippen molar-refractivity contribution in [2.75, 3.05) is 5.73 Å². The Balaban J connectivity index is 2.29. The Labute approximate surface area is 125 Å². The number of benzene rings is 1. The molecular formula is C14H13ClFN5. The fraction of sp³-hybridized carbons (Fsp3) is 0.143. The van der Waals surface area contributed by atoms with Crippen LogP contribution in [0.1, 0.15) is 0 Å². The molecule has 7 heteroatoms. The Morgan fingerprint density at radius 2 is 2.05 bits per heavy atom. The van der Waals surface area contributed by atoms with Crippen LogP contribution in [0.25, 0.3) is 22.4 Å². The molecule has 0 bridgehead atoms. The zero-order valence-corrected chi connectivity index (χ0v) is 12.3. The molecule has 21 heavy (non-hydrogen) atoms. The van der Waals surface area contributed by atoms with E-state index in [0.717, 1.165) is 5.56 Å². The van der Waals surface area contributed by atoms with E-state index in [1.54, 1.807) is 43.3 Å². The molecule has 5 nitrogen and oxygen atoms in total. The van der Waals surface area contributed by atoms with Crippen molar-refractivity contribution < 1.29 is 4.39 Å². The molecule has 0 aliphatic carbocycles. The second kappa shape index (κ2) is 4.89. The molecular weight excluding hydrogens is 293 g/mol. The van der Waals surface area contributed by atoms with E-state index < -0.39 is 5.82 Å². The lowest BCUT2D eigenvalue weighted by Crippen LogP contribution is -1.98. The highest BCUT2D eigenvalue weighted by Gasteiger charge is 2.21. The summed E-state index contributed by atoms with van der Waals surface area (Å²) in [4.78, 5) is 0. The molecule has 0 atom stereocenters. The van der Waals surface area contributed by atoms with E-state index in [4.69, 9.17) is 17.3 Å². The van der Waals surface area contributed by atoms with Crippen LogP contribution in [0.4, 0.5) is 10.2 Å². The molecule has 1 aromatic carbocycles. The van der Waals surface area contributed by atoms with Gasteiger partial charge in [-0.15, -0.1) is 0 Å². The van der Waals surface area contributed by atoms with Gasteiger partial charge in [-0.1, -0.05) is 23.7 Å². The summed E-state index contributed by atoms with van der Waals surface area (Å²) in [5.41, 5.74) is 8.24. The third-order valence-corrected chi connectivity index (χ3v) is 3.58. The highest BCUT2D eigenvalue weighted by Crippen LogP contribution is 2.38. The maximum absolute atomic E-state index is 14.3. The summed E-state index contributed by atoms with van der Waals surface area (Å²) < 4.78 is 17.5. The molecule has 3 rings (SSSR count). The zero-order chi connectivity index (χ0) is 15.1. The van der Waals surface area contributed by atoms with E-state index in [1.807, 2.05) is 0 Å². The van der Waals surface area contributed by atoms with Gasteiger partial charge in [-0.05, 0) is 6.07 Å². The number of anilines is 1. The van der Waals surface area contributed by atoms with Gasteiger partial charge in [0.15, 0.2) is 0 Å². The molecule has 2 heterocycles. The highest BCUT2D eigenvalue weighted by molar-refractivity contribution is 6.31. The molecule has 0 aliphatic heterocycles. The van der Waals surface area contributed by atoms with Crippen LogP contribution in [-0.2, 0) is 14.1 Å². The number of rotatable bonds is 2. The van der Waals surface area contributed by atoms with Crippen LogP contribution in [0.5, 0.6) is 0 Å².